The fourth-order valence-electron chi connectivity index (χ4n) is 1.82. The molecule has 0 spiro atoms. The van der Waals surface area contributed by atoms with Crippen LogP contribution in [-0.2, 0) is 0 Å². The van der Waals surface area contributed by atoms with Crippen molar-refractivity contribution in [1.29, 1.82) is 5.26 Å². The van der Waals surface area contributed by atoms with Crippen LogP contribution in [-0.4, -0.2) is 10.8 Å². The number of hydrogen-bond donors (Lipinski definition) is 0. The standard InChI is InChI=1S/C15H11FN2O/c1-10-2-3-12(14(16)8-10)15(19)13(9-17)11-4-6-18-7-5-11/h2-8,13H,1H3. The molecule has 0 N–H and O–H groups in total. The Morgan fingerprint density at radius 2 is 2.00 bits per heavy atom. The maximum atomic E-state index is 13.8. The van der Waals surface area contributed by atoms with E-state index in [-0.39, 0.29) is 5.56 Å². The van der Waals surface area contributed by atoms with Crippen LogP contribution in [0.2, 0.25) is 0 Å². The third kappa shape index (κ3) is 2.66. The Labute approximate surface area is 110 Å². The number of pyridine rings is 1. The third-order valence-corrected chi connectivity index (χ3v) is 2.82. The summed E-state index contributed by atoms with van der Waals surface area (Å²) in [5.41, 5.74) is 1.18. The summed E-state index contributed by atoms with van der Waals surface area (Å²) in [5, 5.41) is 9.14. The van der Waals surface area contributed by atoms with Crippen LogP contribution in [0.5, 0.6) is 0 Å². The predicted octanol–water partition coefficient (Wildman–Crippen LogP) is 3.02. The van der Waals surface area contributed by atoms with Gasteiger partial charge in [0.2, 0.25) is 0 Å². The largest absolute Gasteiger partial charge is 0.292 e. The molecule has 0 saturated heterocycles. The molecule has 1 atom stereocenters. The fraction of sp³-hybridized carbons (Fsp3) is 0.133. The molecular formula is C15H11FN2O. The van der Waals surface area contributed by atoms with Crippen LogP contribution in [0.3, 0.4) is 0 Å². The molecule has 2 aromatic rings. The SMILES string of the molecule is Cc1ccc(C(=O)C(C#N)c2ccncc2)c(F)c1. The normalized spacial score (nSPS) is 11.6. The van der Waals surface area contributed by atoms with Gasteiger partial charge in [0, 0.05) is 12.4 Å². The summed E-state index contributed by atoms with van der Waals surface area (Å²) >= 11 is 0. The van der Waals surface area contributed by atoms with E-state index in [1.54, 1.807) is 25.1 Å². The first-order chi connectivity index (χ1) is 9.13. The quantitative estimate of drug-likeness (QED) is 0.791. The summed E-state index contributed by atoms with van der Waals surface area (Å²) < 4.78 is 13.8. The molecule has 1 heterocycles. The molecule has 0 aliphatic carbocycles. The maximum Gasteiger partial charge on any atom is 0.187 e. The minimum absolute atomic E-state index is 0.0611. The Bertz CT molecular complexity index is 647. The number of aryl methyl sites for hydroxylation is 1. The van der Waals surface area contributed by atoms with Crippen molar-refractivity contribution in [2.45, 2.75) is 12.8 Å². The maximum absolute atomic E-state index is 13.8. The molecule has 2 rings (SSSR count). The van der Waals surface area contributed by atoms with E-state index in [0.717, 1.165) is 5.56 Å². The van der Waals surface area contributed by atoms with Crippen molar-refractivity contribution in [1.82, 2.24) is 4.98 Å². The molecule has 0 amide bonds. The van der Waals surface area contributed by atoms with Gasteiger partial charge in [-0.15, -0.1) is 0 Å². The Morgan fingerprint density at radius 1 is 1.32 bits per heavy atom. The van der Waals surface area contributed by atoms with E-state index in [9.17, 15) is 9.18 Å². The van der Waals surface area contributed by atoms with Crippen molar-refractivity contribution in [2.24, 2.45) is 0 Å². The number of hydrogen-bond acceptors (Lipinski definition) is 3. The number of aromatic nitrogens is 1. The molecule has 1 aromatic heterocycles. The minimum atomic E-state index is -1.01. The van der Waals surface area contributed by atoms with Gasteiger partial charge in [-0.05, 0) is 42.3 Å². The van der Waals surface area contributed by atoms with Gasteiger partial charge < -0.3 is 0 Å². The van der Waals surface area contributed by atoms with Crippen LogP contribution in [0, 0.1) is 24.1 Å². The number of rotatable bonds is 3. The Kier molecular flexibility index (Phi) is 3.67. The number of nitriles is 1. The Hall–Kier alpha value is -2.54. The number of nitrogens with zero attached hydrogens (tertiary/aromatic N) is 2. The van der Waals surface area contributed by atoms with Crippen LogP contribution in [0.15, 0.2) is 42.7 Å². The van der Waals surface area contributed by atoms with Crippen molar-refractivity contribution in [3.05, 3.63) is 65.2 Å². The molecule has 1 aromatic carbocycles. The highest BCUT2D eigenvalue weighted by molar-refractivity contribution is 6.02. The topological polar surface area (TPSA) is 53.8 Å². The number of benzene rings is 1. The van der Waals surface area contributed by atoms with Crippen molar-refractivity contribution < 1.29 is 9.18 Å². The highest BCUT2D eigenvalue weighted by Crippen LogP contribution is 2.22. The average molecular weight is 254 g/mol. The highest BCUT2D eigenvalue weighted by Gasteiger charge is 2.24. The molecule has 0 fully saturated rings. The van der Waals surface area contributed by atoms with Crippen molar-refractivity contribution in [3.8, 4) is 6.07 Å². The molecule has 19 heavy (non-hydrogen) atoms. The zero-order chi connectivity index (χ0) is 13.8. The molecule has 0 bridgehead atoms. The lowest BCUT2D eigenvalue weighted by molar-refractivity contribution is 0.0975. The number of ketones is 1. The third-order valence-electron chi connectivity index (χ3n) is 2.82. The van der Waals surface area contributed by atoms with Crippen LogP contribution >= 0.6 is 0 Å². The van der Waals surface area contributed by atoms with Gasteiger partial charge in [0.1, 0.15) is 11.7 Å². The Morgan fingerprint density at radius 3 is 2.58 bits per heavy atom. The molecule has 0 radical (unpaired) electrons. The van der Waals surface area contributed by atoms with E-state index in [2.05, 4.69) is 4.98 Å². The molecular weight excluding hydrogens is 243 g/mol. The summed E-state index contributed by atoms with van der Waals surface area (Å²) in [7, 11) is 0. The van der Waals surface area contributed by atoms with Crippen LogP contribution in [0.4, 0.5) is 4.39 Å². The molecule has 3 nitrogen and oxygen atoms in total. The van der Waals surface area contributed by atoms with Crippen LogP contribution in [0.25, 0.3) is 0 Å². The number of halogens is 1. The minimum Gasteiger partial charge on any atom is -0.292 e. The zero-order valence-electron chi connectivity index (χ0n) is 10.3. The lowest BCUT2D eigenvalue weighted by Gasteiger charge is -2.09. The molecule has 1 unspecified atom stereocenters. The fourth-order valence-corrected chi connectivity index (χ4v) is 1.82. The zero-order valence-corrected chi connectivity index (χ0v) is 10.3. The average Bonchev–Trinajstić information content (AvgIpc) is 2.40. The van der Waals surface area contributed by atoms with Crippen LogP contribution in [0.1, 0.15) is 27.4 Å². The first-order valence-corrected chi connectivity index (χ1v) is 5.73. The van der Waals surface area contributed by atoms with Gasteiger partial charge in [-0.2, -0.15) is 5.26 Å². The lowest BCUT2D eigenvalue weighted by atomic mass is 9.92. The summed E-state index contributed by atoms with van der Waals surface area (Å²) in [6, 6.07) is 9.43. The van der Waals surface area contributed by atoms with E-state index in [1.165, 1.54) is 24.5 Å². The molecule has 0 aliphatic heterocycles. The van der Waals surface area contributed by atoms with Gasteiger partial charge in [-0.25, -0.2) is 4.39 Å². The van der Waals surface area contributed by atoms with Gasteiger partial charge in [-0.3, -0.25) is 9.78 Å². The van der Waals surface area contributed by atoms with E-state index in [1.807, 2.05) is 6.07 Å². The van der Waals surface area contributed by atoms with Gasteiger partial charge in [0.25, 0.3) is 0 Å². The van der Waals surface area contributed by atoms with Crippen molar-refractivity contribution in [2.75, 3.05) is 0 Å². The van der Waals surface area contributed by atoms with Crippen molar-refractivity contribution in [3.63, 3.8) is 0 Å². The van der Waals surface area contributed by atoms with Gasteiger partial charge >= 0.3 is 0 Å². The number of Topliss-reactive ketones (excluding diaryl/α,β-unsaturated/α-hetero) is 1. The van der Waals surface area contributed by atoms with E-state index < -0.39 is 17.5 Å². The first kappa shape index (κ1) is 12.9. The van der Waals surface area contributed by atoms with E-state index >= 15 is 0 Å². The monoisotopic (exact) mass is 254 g/mol. The second kappa shape index (κ2) is 5.40. The highest BCUT2D eigenvalue weighted by atomic mass is 19.1. The molecule has 0 aliphatic rings. The van der Waals surface area contributed by atoms with Gasteiger partial charge in [0.05, 0.1) is 11.6 Å². The Balaban J connectivity index is 2.40. The first-order valence-electron chi connectivity index (χ1n) is 5.73. The predicted molar refractivity (Wildman–Crippen MR) is 68.1 cm³/mol. The van der Waals surface area contributed by atoms with E-state index in [4.69, 9.17) is 5.26 Å². The molecule has 0 saturated carbocycles. The van der Waals surface area contributed by atoms with E-state index in [0.29, 0.717) is 5.56 Å². The molecule has 4 heteroatoms. The van der Waals surface area contributed by atoms with Gasteiger partial charge in [-0.1, -0.05) is 6.07 Å². The smallest absolute Gasteiger partial charge is 0.187 e. The number of carbonyl (C=O) groups is 1. The summed E-state index contributed by atoms with van der Waals surface area (Å²) in [5.74, 6) is -2.15. The van der Waals surface area contributed by atoms with Crippen LogP contribution < -0.4 is 0 Å². The van der Waals surface area contributed by atoms with Crippen molar-refractivity contribution >= 4 is 5.78 Å². The summed E-state index contributed by atoms with van der Waals surface area (Å²) in [4.78, 5) is 16.1. The summed E-state index contributed by atoms with van der Waals surface area (Å²) in [6.07, 6.45) is 3.00. The second-order valence-corrected chi connectivity index (χ2v) is 4.19. The molecule has 94 valence electrons. The number of carbonyl (C=O) groups excluding carboxylic acids is 1. The second-order valence-electron chi connectivity index (χ2n) is 4.19. The summed E-state index contributed by atoms with van der Waals surface area (Å²) in [6.45, 7) is 1.74. The van der Waals surface area contributed by atoms with Gasteiger partial charge in [0.15, 0.2) is 5.78 Å². The lowest BCUT2D eigenvalue weighted by Crippen LogP contribution is -2.13.